The van der Waals surface area contributed by atoms with Crippen LogP contribution in [0.1, 0.15) is 111 Å². The van der Waals surface area contributed by atoms with E-state index in [4.69, 9.17) is 10.3 Å². The fourth-order valence-corrected chi connectivity index (χ4v) is 3.46. The summed E-state index contributed by atoms with van der Waals surface area (Å²) < 4.78 is 5.18. The number of carbonyl (C=O) groups is 1. The van der Waals surface area contributed by atoms with Crippen molar-refractivity contribution >= 4 is 6.09 Å². The molecular formula is C23H46N4O4. The zero-order chi connectivity index (χ0) is 23.5. The number of ether oxygens (including phenoxy) is 1. The van der Waals surface area contributed by atoms with E-state index in [1.165, 1.54) is 57.8 Å². The van der Waals surface area contributed by atoms with Crippen molar-refractivity contribution in [1.29, 1.82) is 0 Å². The molecule has 0 aliphatic rings. The van der Waals surface area contributed by atoms with Gasteiger partial charge >= 0.3 is 6.09 Å². The largest absolute Gasteiger partial charge is 0.444 e. The lowest BCUT2D eigenvalue weighted by atomic mass is 9.99. The van der Waals surface area contributed by atoms with Crippen LogP contribution in [0.4, 0.5) is 4.79 Å². The fourth-order valence-electron chi connectivity index (χ4n) is 3.46. The summed E-state index contributed by atoms with van der Waals surface area (Å²) in [6, 6.07) is -0.905. The standard InChI is InChI=1S/C23H46N4O4/c1-5-6-7-8-9-10-11-12-13-14-15-16-17-20(28)21(29)19(18-25-27-24)26-22(30)31-23(2,3)4/h19-21,28-29H,5-18H2,1-4H3,(H,26,30)/t19-,20-,21+/m0/s1. The quantitative estimate of drug-likeness (QED) is 0.104. The highest BCUT2D eigenvalue weighted by molar-refractivity contribution is 5.68. The van der Waals surface area contributed by atoms with Crippen LogP contribution < -0.4 is 5.32 Å². The predicted molar refractivity (Wildman–Crippen MR) is 125 cm³/mol. The van der Waals surface area contributed by atoms with Gasteiger partial charge in [-0.25, -0.2) is 4.79 Å². The average molecular weight is 443 g/mol. The van der Waals surface area contributed by atoms with Crippen molar-refractivity contribution in [1.82, 2.24) is 5.32 Å². The van der Waals surface area contributed by atoms with Crippen molar-refractivity contribution in [3.05, 3.63) is 10.4 Å². The molecule has 0 unspecified atom stereocenters. The second kappa shape index (κ2) is 18.1. The summed E-state index contributed by atoms with van der Waals surface area (Å²) in [6.07, 6.45) is 12.2. The summed E-state index contributed by atoms with van der Waals surface area (Å²) in [5.41, 5.74) is 7.86. The number of azide groups is 1. The Kier molecular flexibility index (Phi) is 17.2. The summed E-state index contributed by atoms with van der Waals surface area (Å²) in [6.45, 7) is 7.27. The molecule has 0 aliphatic carbocycles. The number of amides is 1. The maximum Gasteiger partial charge on any atom is 0.407 e. The van der Waals surface area contributed by atoms with Crippen molar-refractivity contribution in [2.75, 3.05) is 6.54 Å². The Labute approximate surface area is 188 Å². The number of alkyl carbamates (subject to hydrolysis) is 1. The highest BCUT2D eigenvalue weighted by atomic mass is 16.6. The third-order valence-corrected chi connectivity index (χ3v) is 5.20. The lowest BCUT2D eigenvalue weighted by molar-refractivity contribution is -0.0118. The number of hydrogen-bond acceptors (Lipinski definition) is 5. The first-order valence-electron chi connectivity index (χ1n) is 12.1. The zero-order valence-corrected chi connectivity index (χ0v) is 20.2. The molecule has 0 heterocycles. The third kappa shape index (κ3) is 17.8. The summed E-state index contributed by atoms with van der Waals surface area (Å²) in [7, 11) is 0. The lowest BCUT2D eigenvalue weighted by Gasteiger charge is -2.28. The van der Waals surface area contributed by atoms with E-state index in [9.17, 15) is 15.0 Å². The second-order valence-corrected chi connectivity index (χ2v) is 9.40. The van der Waals surface area contributed by atoms with Gasteiger partial charge in [0.15, 0.2) is 0 Å². The number of carbonyl (C=O) groups excluding carboxylic acids is 1. The highest BCUT2D eigenvalue weighted by Crippen LogP contribution is 2.15. The Morgan fingerprint density at radius 3 is 1.90 bits per heavy atom. The predicted octanol–water partition coefficient (Wildman–Crippen LogP) is 6.00. The summed E-state index contributed by atoms with van der Waals surface area (Å²) in [5, 5.41) is 26.7. The van der Waals surface area contributed by atoms with Gasteiger partial charge in [0.05, 0.1) is 12.1 Å². The van der Waals surface area contributed by atoms with E-state index in [1.807, 2.05) is 0 Å². The van der Waals surface area contributed by atoms with Gasteiger partial charge < -0.3 is 20.3 Å². The van der Waals surface area contributed by atoms with Crippen LogP contribution in [-0.2, 0) is 4.74 Å². The minimum absolute atomic E-state index is 0.160. The SMILES string of the molecule is CCCCCCCCCCCCCC[C@H](O)[C@H](O)[C@H](CN=[N+]=[N-])NC(=O)OC(C)(C)C. The van der Waals surface area contributed by atoms with E-state index in [2.05, 4.69) is 22.3 Å². The Morgan fingerprint density at radius 1 is 0.968 bits per heavy atom. The van der Waals surface area contributed by atoms with Crippen LogP contribution in [0.3, 0.4) is 0 Å². The first-order valence-corrected chi connectivity index (χ1v) is 12.1. The van der Waals surface area contributed by atoms with Gasteiger partial charge in [-0.2, -0.15) is 0 Å². The van der Waals surface area contributed by atoms with Crippen LogP contribution in [0, 0.1) is 0 Å². The van der Waals surface area contributed by atoms with Gasteiger partial charge in [0, 0.05) is 11.5 Å². The van der Waals surface area contributed by atoms with Crippen molar-refractivity contribution in [2.45, 2.75) is 135 Å². The molecule has 0 aromatic heterocycles. The first kappa shape index (κ1) is 29.5. The molecule has 0 bridgehead atoms. The minimum atomic E-state index is -1.23. The van der Waals surface area contributed by atoms with Crippen molar-refractivity contribution in [2.24, 2.45) is 5.11 Å². The smallest absolute Gasteiger partial charge is 0.407 e. The van der Waals surface area contributed by atoms with Crippen LogP contribution >= 0.6 is 0 Å². The molecule has 0 aromatic rings. The lowest BCUT2D eigenvalue weighted by Crippen LogP contribution is -2.51. The van der Waals surface area contributed by atoms with Gasteiger partial charge in [-0.1, -0.05) is 89.1 Å². The average Bonchev–Trinajstić information content (AvgIpc) is 2.69. The van der Waals surface area contributed by atoms with Gasteiger partial charge in [-0.3, -0.25) is 0 Å². The van der Waals surface area contributed by atoms with Crippen molar-refractivity contribution < 1.29 is 19.7 Å². The molecule has 0 saturated heterocycles. The number of nitrogens with zero attached hydrogens (tertiary/aromatic N) is 3. The van der Waals surface area contributed by atoms with Crippen LogP contribution in [0.5, 0.6) is 0 Å². The van der Waals surface area contributed by atoms with Gasteiger partial charge in [0.1, 0.15) is 11.7 Å². The van der Waals surface area contributed by atoms with Crippen molar-refractivity contribution in [3.8, 4) is 0 Å². The maximum atomic E-state index is 12.0. The number of aliphatic hydroxyl groups excluding tert-OH is 2. The molecule has 1 amide bonds. The highest BCUT2D eigenvalue weighted by Gasteiger charge is 2.28. The van der Waals surface area contributed by atoms with E-state index in [1.54, 1.807) is 20.8 Å². The van der Waals surface area contributed by atoms with E-state index in [0.717, 1.165) is 19.3 Å². The van der Waals surface area contributed by atoms with E-state index >= 15 is 0 Å². The summed E-state index contributed by atoms with van der Waals surface area (Å²) in [4.78, 5) is 14.6. The molecule has 0 spiro atoms. The van der Waals surface area contributed by atoms with Crippen LogP contribution in [0.15, 0.2) is 5.11 Å². The molecule has 3 N–H and O–H groups in total. The maximum absolute atomic E-state index is 12.0. The van der Waals surface area contributed by atoms with E-state index in [-0.39, 0.29) is 6.54 Å². The Bertz CT molecular complexity index is 504. The Balaban J connectivity index is 4.06. The summed E-state index contributed by atoms with van der Waals surface area (Å²) >= 11 is 0. The minimum Gasteiger partial charge on any atom is -0.444 e. The number of nitrogens with one attached hydrogen (secondary N) is 1. The van der Waals surface area contributed by atoms with Crippen molar-refractivity contribution in [3.63, 3.8) is 0 Å². The van der Waals surface area contributed by atoms with Gasteiger partial charge in [0.25, 0.3) is 0 Å². The zero-order valence-electron chi connectivity index (χ0n) is 20.2. The molecule has 0 rings (SSSR count). The molecule has 8 nitrogen and oxygen atoms in total. The molecule has 0 fully saturated rings. The molecule has 3 atom stereocenters. The number of hydrogen-bond donors (Lipinski definition) is 3. The molecule has 0 radical (unpaired) electrons. The van der Waals surface area contributed by atoms with Crippen LogP contribution in [0.2, 0.25) is 0 Å². The van der Waals surface area contributed by atoms with E-state index in [0.29, 0.717) is 6.42 Å². The molecule has 31 heavy (non-hydrogen) atoms. The van der Waals surface area contributed by atoms with Gasteiger partial charge in [-0.05, 0) is 32.7 Å². The normalized spacial score (nSPS) is 14.4. The first-order chi connectivity index (χ1) is 14.7. The van der Waals surface area contributed by atoms with Gasteiger partial charge in [0.2, 0.25) is 0 Å². The van der Waals surface area contributed by atoms with Crippen LogP contribution in [-0.4, -0.2) is 46.7 Å². The fraction of sp³-hybridized carbons (Fsp3) is 0.957. The number of aliphatic hydroxyl groups is 2. The van der Waals surface area contributed by atoms with E-state index < -0.39 is 29.9 Å². The topological polar surface area (TPSA) is 128 Å². The molecule has 0 aromatic carbocycles. The van der Waals surface area contributed by atoms with Gasteiger partial charge in [-0.15, -0.1) is 0 Å². The molecular weight excluding hydrogens is 396 g/mol. The number of unbranched alkanes of at least 4 members (excludes halogenated alkanes) is 11. The molecule has 182 valence electrons. The second-order valence-electron chi connectivity index (χ2n) is 9.40. The van der Waals surface area contributed by atoms with Crippen LogP contribution in [0.25, 0.3) is 10.4 Å². The molecule has 0 saturated carbocycles. The summed E-state index contributed by atoms with van der Waals surface area (Å²) in [5.74, 6) is 0. The number of rotatable bonds is 18. The molecule has 8 heteroatoms. The third-order valence-electron chi connectivity index (χ3n) is 5.20. The molecule has 0 aliphatic heterocycles. The Hall–Kier alpha value is -1.50. The Morgan fingerprint density at radius 2 is 1.45 bits per heavy atom. The monoisotopic (exact) mass is 442 g/mol.